The van der Waals surface area contributed by atoms with Crippen molar-refractivity contribution in [2.75, 3.05) is 0 Å². The fourth-order valence-electron chi connectivity index (χ4n) is 2.85. The van der Waals surface area contributed by atoms with E-state index in [2.05, 4.69) is 9.97 Å². The highest BCUT2D eigenvalue weighted by molar-refractivity contribution is 6.34. The van der Waals surface area contributed by atoms with Crippen LogP contribution < -0.4 is 0 Å². The van der Waals surface area contributed by atoms with Crippen LogP contribution in [-0.4, -0.2) is 15.8 Å². The van der Waals surface area contributed by atoms with Crippen molar-refractivity contribution >= 4 is 56.9 Å². The molecular formula is C20H12Cl2N2O. The first-order valence-corrected chi connectivity index (χ1v) is 8.42. The average Bonchev–Trinajstić information content (AvgIpc) is 3.01. The van der Waals surface area contributed by atoms with Crippen molar-refractivity contribution in [3.8, 4) is 0 Å². The first-order valence-electron chi connectivity index (χ1n) is 7.66. The van der Waals surface area contributed by atoms with Gasteiger partial charge in [-0.2, -0.15) is 0 Å². The molecule has 1 N–H and O–H groups in total. The van der Waals surface area contributed by atoms with Gasteiger partial charge in [-0.05, 0) is 48.0 Å². The Kier molecular flexibility index (Phi) is 4.04. The molecular weight excluding hydrogens is 355 g/mol. The number of aromatic amines is 1. The van der Waals surface area contributed by atoms with E-state index in [0.29, 0.717) is 21.3 Å². The molecule has 0 unspecified atom stereocenters. The van der Waals surface area contributed by atoms with Crippen molar-refractivity contribution in [3.05, 3.63) is 82.1 Å². The van der Waals surface area contributed by atoms with E-state index in [9.17, 15) is 4.79 Å². The maximum atomic E-state index is 12.7. The SMILES string of the molecule is O=C(/C=C/c1cc(Cl)ccc1Cl)c1nccc2c1[nH]c1ccccc12. The van der Waals surface area contributed by atoms with Crippen LogP contribution in [0.1, 0.15) is 16.1 Å². The number of fused-ring (bicyclic) bond motifs is 3. The predicted octanol–water partition coefficient (Wildman–Crippen LogP) is 5.92. The monoisotopic (exact) mass is 366 g/mol. The van der Waals surface area contributed by atoms with E-state index >= 15 is 0 Å². The van der Waals surface area contributed by atoms with Crippen molar-refractivity contribution in [1.82, 2.24) is 9.97 Å². The second kappa shape index (κ2) is 6.36. The van der Waals surface area contributed by atoms with Gasteiger partial charge in [0.25, 0.3) is 0 Å². The number of benzene rings is 2. The molecule has 2 aromatic heterocycles. The molecule has 0 atom stereocenters. The molecule has 2 aromatic carbocycles. The lowest BCUT2D eigenvalue weighted by Crippen LogP contribution is -1.99. The van der Waals surface area contributed by atoms with Gasteiger partial charge in [0.05, 0.1) is 5.52 Å². The third kappa shape index (κ3) is 2.93. The lowest BCUT2D eigenvalue weighted by Gasteiger charge is -2.00. The minimum atomic E-state index is -0.201. The summed E-state index contributed by atoms with van der Waals surface area (Å²) >= 11 is 12.1. The van der Waals surface area contributed by atoms with Gasteiger partial charge in [0.2, 0.25) is 5.78 Å². The molecule has 122 valence electrons. The maximum absolute atomic E-state index is 12.7. The minimum absolute atomic E-state index is 0.201. The zero-order chi connectivity index (χ0) is 17.4. The highest BCUT2D eigenvalue weighted by Crippen LogP contribution is 2.27. The molecule has 0 aliphatic carbocycles. The van der Waals surface area contributed by atoms with E-state index in [0.717, 1.165) is 21.8 Å². The third-order valence-electron chi connectivity index (χ3n) is 4.03. The molecule has 4 rings (SSSR count). The van der Waals surface area contributed by atoms with E-state index in [1.54, 1.807) is 30.5 Å². The van der Waals surface area contributed by atoms with Crippen LogP contribution in [-0.2, 0) is 0 Å². The fourth-order valence-corrected chi connectivity index (χ4v) is 3.21. The summed E-state index contributed by atoms with van der Waals surface area (Å²) in [6, 6.07) is 14.9. The van der Waals surface area contributed by atoms with Crippen LogP contribution in [0.2, 0.25) is 10.0 Å². The number of rotatable bonds is 3. The zero-order valence-corrected chi connectivity index (χ0v) is 14.5. The zero-order valence-electron chi connectivity index (χ0n) is 13.0. The second-order valence-electron chi connectivity index (χ2n) is 5.62. The number of allylic oxidation sites excluding steroid dienone is 1. The Hall–Kier alpha value is -2.62. The molecule has 0 saturated carbocycles. The van der Waals surface area contributed by atoms with Gasteiger partial charge in [0, 0.05) is 32.5 Å². The van der Waals surface area contributed by atoms with Crippen LogP contribution >= 0.6 is 23.2 Å². The van der Waals surface area contributed by atoms with E-state index < -0.39 is 0 Å². The van der Waals surface area contributed by atoms with E-state index in [1.807, 2.05) is 30.3 Å². The summed E-state index contributed by atoms with van der Waals surface area (Å²) in [5, 5.41) is 3.14. The Morgan fingerprint density at radius 2 is 1.88 bits per heavy atom. The summed E-state index contributed by atoms with van der Waals surface area (Å²) in [6.07, 6.45) is 4.76. The summed E-state index contributed by atoms with van der Waals surface area (Å²) < 4.78 is 0. The number of H-pyrrole nitrogens is 1. The second-order valence-corrected chi connectivity index (χ2v) is 6.46. The van der Waals surface area contributed by atoms with Crippen LogP contribution in [0.5, 0.6) is 0 Å². The van der Waals surface area contributed by atoms with E-state index in [1.165, 1.54) is 6.08 Å². The number of carbonyl (C=O) groups is 1. The number of halogens is 2. The van der Waals surface area contributed by atoms with Crippen molar-refractivity contribution < 1.29 is 4.79 Å². The Balaban J connectivity index is 1.77. The van der Waals surface area contributed by atoms with Gasteiger partial charge >= 0.3 is 0 Å². The predicted molar refractivity (Wildman–Crippen MR) is 103 cm³/mol. The van der Waals surface area contributed by atoms with E-state index in [4.69, 9.17) is 23.2 Å². The molecule has 0 amide bonds. The van der Waals surface area contributed by atoms with Gasteiger partial charge in [0.1, 0.15) is 5.69 Å². The van der Waals surface area contributed by atoms with Crippen molar-refractivity contribution in [1.29, 1.82) is 0 Å². The standard InChI is InChI=1S/C20H12Cl2N2O/c21-13-6-7-16(22)12(11-13)5-8-18(25)20-19-15(9-10-23-20)14-3-1-2-4-17(14)24-19/h1-11,24H/b8-5+. The van der Waals surface area contributed by atoms with Gasteiger partial charge in [-0.25, -0.2) is 0 Å². The van der Waals surface area contributed by atoms with Gasteiger partial charge in [0.15, 0.2) is 0 Å². The molecule has 5 heteroatoms. The van der Waals surface area contributed by atoms with Gasteiger partial charge < -0.3 is 4.98 Å². The number of pyridine rings is 1. The lowest BCUT2D eigenvalue weighted by atomic mass is 10.1. The first kappa shape index (κ1) is 15.9. The summed E-state index contributed by atoms with van der Waals surface area (Å²) in [5.41, 5.74) is 2.77. The summed E-state index contributed by atoms with van der Waals surface area (Å²) in [6.45, 7) is 0. The van der Waals surface area contributed by atoms with Crippen molar-refractivity contribution in [2.24, 2.45) is 0 Å². The first-order chi connectivity index (χ1) is 12.1. The molecule has 0 aliphatic rings. The highest BCUT2D eigenvalue weighted by Gasteiger charge is 2.13. The van der Waals surface area contributed by atoms with Crippen molar-refractivity contribution in [2.45, 2.75) is 0 Å². The van der Waals surface area contributed by atoms with E-state index in [-0.39, 0.29) is 5.78 Å². The number of ketones is 1. The third-order valence-corrected chi connectivity index (χ3v) is 4.61. The molecule has 0 fully saturated rings. The number of nitrogens with one attached hydrogen (secondary N) is 1. The van der Waals surface area contributed by atoms with Crippen LogP contribution in [0.25, 0.3) is 27.9 Å². The smallest absolute Gasteiger partial charge is 0.206 e. The van der Waals surface area contributed by atoms with Crippen LogP contribution in [0.4, 0.5) is 0 Å². The Bertz CT molecular complexity index is 1150. The number of hydrogen-bond donors (Lipinski definition) is 1. The molecule has 0 bridgehead atoms. The normalized spacial score (nSPS) is 11.6. The van der Waals surface area contributed by atoms with Gasteiger partial charge in [-0.1, -0.05) is 41.4 Å². The highest BCUT2D eigenvalue weighted by atomic mass is 35.5. The number of carbonyl (C=O) groups excluding carboxylic acids is 1. The quantitative estimate of drug-likeness (QED) is 0.361. The van der Waals surface area contributed by atoms with Crippen LogP contribution in [0.15, 0.2) is 60.8 Å². The number of nitrogens with zero attached hydrogens (tertiary/aromatic N) is 1. The molecule has 3 nitrogen and oxygen atoms in total. The Morgan fingerprint density at radius 1 is 1.04 bits per heavy atom. The molecule has 0 aliphatic heterocycles. The average molecular weight is 367 g/mol. The summed E-state index contributed by atoms with van der Waals surface area (Å²) in [5.74, 6) is -0.201. The van der Waals surface area contributed by atoms with Gasteiger partial charge in [-0.15, -0.1) is 0 Å². The minimum Gasteiger partial charge on any atom is -0.353 e. The van der Waals surface area contributed by atoms with Crippen molar-refractivity contribution in [3.63, 3.8) is 0 Å². The summed E-state index contributed by atoms with van der Waals surface area (Å²) in [4.78, 5) is 20.2. The molecule has 0 radical (unpaired) electrons. The molecule has 2 heterocycles. The number of hydrogen-bond acceptors (Lipinski definition) is 2. The molecule has 4 aromatic rings. The largest absolute Gasteiger partial charge is 0.353 e. The lowest BCUT2D eigenvalue weighted by molar-refractivity contribution is 0.104. The molecule has 0 spiro atoms. The Labute approximate surface area is 153 Å². The fraction of sp³-hybridized carbons (Fsp3) is 0. The molecule has 0 saturated heterocycles. The van der Waals surface area contributed by atoms with Crippen LogP contribution in [0.3, 0.4) is 0 Å². The van der Waals surface area contributed by atoms with Crippen LogP contribution in [0, 0.1) is 0 Å². The number of aromatic nitrogens is 2. The summed E-state index contributed by atoms with van der Waals surface area (Å²) in [7, 11) is 0. The Morgan fingerprint density at radius 3 is 2.76 bits per heavy atom. The number of para-hydroxylation sites is 1. The maximum Gasteiger partial charge on any atom is 0.206 e. The van der Waals surface area contributed by atoms with Gasteiger partial charge in [-0.3, -0.25) is 9.78 Å². The molecule has 25 heavy (non-hydrogen) atoms. The topological polar surface area (TPSA) is 45.8 Å².